The first kappa shape index (κ1) is 43.0. The minimum absolute atomic E-state index is 0.173. The number of likely N-dealkylation sites (N-methyl/N-ethyl adjacent to an activating group) is 2. The van der Waals surface area contributed by atoms with Crippen molar-refractivity contribution >= 4 is 45.5 Å². The molecule has 4 rings (SSSR count). The standard InChI is InChI=1S/C20H26ClNO5.C20H27NO5/c1-5-22(6-2)11-10-15-13(4)14-8-9-16(26-12-17(23)25-7-3)18(21)19(14)27-20(15)24;1-5-21(6-2)11-10-17-14(4)16-9-8-15(12-18(16)26-20(17)23)25-13-19(22)24-7-3/h8-9H,5-7,10-12H2,1-4H3;8-9,12H,5-7,10-11,13H2,1-4H3. The van der Waals surface area contributed by atoms with Gasteiger partial charge in [-0.05, 0) is 102 Å². The van der Waals surface area contributed by atoms with E-state index >= 15 is 0 Å². The summed E-state index contributed by atoms with van der Waals surface area (Å²) >= 11 is 6.35. The highest BCUT2D eigenvalue weighted by Gasteiger charge is 2.18. The molecule has 0 N–H and O–H groups in total. The molecule has 0 aliphatic rings. The number of hydrogen-bond acceptors (Lipinski definition) is 12. The minimum Gasteiger partial charge on any atom is -0.482 e. The van der Waals surface area contributed by atoms with Crippen LogP contribution in [-0.4, -0.2) is 87.4 Å². The minimum atomic E-state index is -0.488. The molecule has 0 radical (unpaired) electrons. The van der Waals surface area contributed by atoms with Crippen LogP contribution >= 0.6 is 11.6 Å². The van der Waals surface area contributed by atoms with Crippen molar-refractivity contribution in [3.63, 3.8) is 0 Å². The molecule has 12 nitrogen and oxygen atoms in total. The lowest BCUT2D eigenvalue weighted by molar-refractivity contribution is -0.146. The summed E-state index contributed by atoms with van der Waals surface area (Å²) in [7, 11) is 0. The molecule has 0 fully saturated rings. The van der Waals surface area contributed by atoms with Crippen LogP contribution in [0.4, 0.5) is 0 Å². The van der Waals surface area contributed by atoms with Gasteiger partial charge in [-0.3, -0.25) is 0 Å². The molecule has 0 aliphatic heterocycles. The maximum atomic E-state index is 12.5. The topological polar surface area (TPSA) is 138 Å². The summed E-state index contributed by atoms with van der Waals surface area (Å²) in [5, 5.41) is 1.81. The van der Waals surface area contributed by atoms with Crippen molar-refractivity contribution < 1.29 is 37.4 Å². The predicted octanol–water partition coefficient (Wildman–Crippen LogP) is 6.51. The van der Waals surface area contributed by atoms with Gasteiger partial charge >= 0.3 is 23.2 Å². The van der Waals surface area contributed by atoms with Crippen molar-refractivity contribution in [1.82, 2.24) is 9.80 Å². The van der Waals surface area contributed by atoms with Crippen LogP contribution in [0.15, 0.2) is 48.8 Å². The summed E-state index contributed by atoms with van der Waals surface area (Å²) in [6.07, 6.45) is 1.28. The quantitative estimate of drug-likeness (QED) is 0.0809. The molecule has 0 unspecified atom stereocenters. The first-order valence-electron chi connectivity index (χ1n) is 18.2. The van der Waals surface area contributed by atoms with Crippen molar-refractivity contribution in [2.24, 2.45) is 0 Å². The molecule has 2 heterocycles. The molecule has 0 saturated heterocycles. The fourth-order valence-corrected chi connectivity index (χ4v) is 6.12. The summed E-state index contributed by atoms with van der Waals surface area (Å²) in [5.74, 6) is -0.185. The van der Waals surface area contributed by atoms with Crippen molar-refractivity contribution in [3.05, 3.63) is 78.4 Å². The summed E-state index contributed by atoms with van der Waals surface area (Å²) < 4.78 is 31.5. The number of benzene rings is 2. The second kappa shape index (κ2) is 21.3. The molecule has 0 bridgehead atoms. The average Bonchev–Trinajstić information content (AvgIpc) is 3.14. The lowest BCUT2D eigenvalue weighted by atomic mass is 10.0. The molecule has 2 aromatic carbocycles. The van der Waals surface area contributed by atoms with Gasteiger partial charge in [-0.1, -0.05) is 39.3 Å². The zero-order chi connectivity index (χ0) is 39.1. The summed E-state index contributed by atoms with van der Waals surface area (Å²) in [6.45, 7) is 21.2. The summed E-state index contributed by atoms with van der Waals surface area (Å²) in [4.78, 5) is 52.3. The molecule has 53 heavy (non-hydrogen) atoms. The van der Waals surface area contributed by atoms with Gasteiger partial charge in [0, 0.05) is 41.1 Å². The molecular weight excluding hydrogens is 704 g/mol. The zero-order valence-electron chi connectivity index (χ0n) is 32.2. The van der Waals surface area contributed by atoms with Crippen LogP contribution < -0.4 is 20.7 Å². The number of carbonyl (C=O) groups is 2. The van der Waals surface area contributed by atoms with Crippen molar-refractivity contribution in [3.8, 4) is 11.5 Å². The van der Waals surface area contributed by atoms with Crippen LogP contribution in [0.1, 0.15) is 63.8 Å². The van der Waals surface area contributed by atoms with E-state index in [2.05, 4.69) is 37.5 Å². The van der Waals surface area contributed by atoms with Gasteiger partial charge in [-0.2, -0.15) is 0 Å². The first-order chi connectivity index (χ1) is 25.4. The molecule has 0 atom stereocenters. The number of aryl methyl sites for hydroxylation is 2. The fourth-order valence-electron chi connectivity index (χ4n) is 5.86. The highest BCUT2D eigenvalue weighted by molar-refractivity contribution is 6.36. The Balaban J connectivity index is 0.000000286. The SMILES string of the molecule is CCOC(=O)COc1ccc2c(C)c(CCN(CC)CC)c(=O)oc2c1.CCOC(=O)COc1ccc2c(C)c(CCN(CC)CC)c(=O)oc2c1Cl. The third-order valence-electron chi connectivity index (χ3n) is 9.08. The van der Waals surface area contributed by atoms with Crippen molar-refractivity contribution in [2.45, 2.75) is 68.2 Å². The first-order valence-corrected chi connectivity index (χ1v) is 18.6. The van der Waals surface area contributed by atoms with E-state index in [0.29, 0.717) is 41.9 Å². The Bertz CT molecular complexity index is 1950. The number of ether oxygens (including phenoxy) is 4. The van der Waals surface area contributed by atoms with Crippen LogP contribution in [0.3, 0.4) is 0 Å². The van der Waals surface area contributed by atoms with Crippen LogP contribution in [0.25, 0.3) is 21.9 Å². The Kier molecular flexibility index (Phi) is 17.3. The van der Waals surface area contributed by atoms with E-state index < -0.39 is 17.6 Å². The maximum absolute atomic E-state index is 12.5. The van der Waals surface area contributed by atoms with Crippen LogP contribution in [0, 0.1) is 13.8 Å². The van der Waals surface area contributed by atoms with Crippen molar-refractivity contribution in [2.75, 3.05) is 65.7 Å². The van der Waals surface area contributed by atoms with Gasteiger partial charge in [0.15, 0.2) is 18.8 Å². The van der Waals surface area contributed by atoms with E-state index in [4.69, 9.17) is 39.4 Å². The van der Waals surface area contributed by atoms with Gasteiger partial charge in [-0.15, -0.1) is 0 Å². The molecule has 0 amide bonds. The Morgan fingerprint density at radius 1 is 0.679 bits per heavy atom. The average molecular weight is 757 g/mol. The highest BCUT2D eigenvalue weighted by Crippen LogP contribution is 2.34. The molecule has 0 spiro atoms. The van der Waals surface area contributed by atoms with Gasteiger partial charge in [-0.25, -0.2) is 19.2 Å². The largest absolute Gasteiger partial charge is 0.482 e. The van der Waals surface area contributed by atoms with E-state index in [9.17, 15) is 19.2 Å². The smallest absolute Gasteiger partial charge is 0.344 e. The molecular formula is C40H53ClN2O10. The molecule has 0 saturated carbocycles. The third kappa shape index (κ3) is 11.8. The molecule has 0 aliphatic carbocycles. The summed E-state index contributed by atoms with van der Waals surface area (Å²) in [5.41, 5.74) is 3.18. The van der Waals surface area contributed by atoms with Crippen LogP contribution in [0.5, 0.6) is 11.5 Å². The number of esters is 2. The number of rotatable bonds is 18. The van der Waals surface area contributed by atoms with Gasteiger partial charge in [0.25, 0.3) is 0 Å². The summed E-state index contributed by atoms with van der Waals surface area (Å²) in [6, 6.07) is 8.72. The second-order valence-corrected chi connectivity index (χ2v) is 12.5. The van der Waals surface area contributed by atoms with Crippen molar-refractivity contribution in [1.29, 1.82) is 0 Å². The molecule has 2 aromatic heterocycles. The van der Waals surface area contributed by atoms with E-state index in [1.807, 2.05) is 19.9 Å². The van der Waals surface area contributed by atoms with Crippen LogP contribution in [-0.2, 0) is 31.9 Å². The Morgan fingerprint density at radius 2 is 1.17 bits per heavy atom. The Morgan fingerprint density at radius 3 is 1.70 bits per heavy atom. The van der Waals surface area contributed by atoms with Crippen LogP contribution in [0.2, 0.25) is 5.02 Å². The predicted molar refractivity (Wildman–Crippen MR) is 207 cm³/mol. The number of nitrogens with zero attached hydrogens (tertiary/aromatic N) is 2. The Labute approximate surface area is 315 Å². The lowest BCUT2D eigenvalue weighted by Gasteiger charge is -2.18. The fraction of sp³-hybridized carbons (Fsp3) is 0.500. The van der Waals surface area contributed by atoms with E-state index in [-0.39, 0.29) is 41.8 Å². The zero-order valence-corrected chi connectivity index (χ0v) is 33.0. The highest BCUT2D eigenvalue weighted by atomic mass is 35.5. The van der Waals surface area contributed by atoms with Gasteiger partial charge in [0.05, 0.1) is 13.2 Å². The normalized spacial score (nSPS) is 11.2. The monoisotopic (exact) mass is 756 g/mol. The lowest BCUT2D eigenvalue weighted by Crippen LogP contribution is -2.27. The van der Waals surface area contributed by atoms with Gasteiger partial charge in [0.1, 0.15) is 22.1 Å². The maximum Gasteiger partial charge on any atom is 0.344 e. The van der Waals surface area contributed by atoms with Gasteiger partial charge < -0.3 is 37.6 Å². The third-order valence-corrected chi connectivity index (χ3v) is 9.43. The molecule has 4 aromatic rings. The molecule has 290 valence electrons. The van der Waals surface area contributed by atoms with E-state index in [1.165, 1.54) is 0 Å². The second-order valence-electron chi connectivity index (χ2n) is 12.1. The molecule has 13 heteroatoms. The number of carbonyl (C=O) groups excluding carboxylic acids is 2. The van der Waals surface area contributed by atoms with Gasteiger partial charge in [0.2, 0.25) is 0 Å². The Hall–Kier alpha value is -4.39. The number of fused-ring (bicyclic) bond motifs is 2. The van der Waals surface area contributed by atoms with E-state index in [0.717, 1.165) is 61.2 Å². The number of hydrogen-bond donors (Lipinski definition) is 0. The van der Waals surface area contributed by atoms with E-state index in [1.54, 1.807) is 38.1 Å². The number of halogens is 1.